The first kappa shape index (κ1) is 16.7. The van der Waals surface area contributed by atoms with Crippen molar-refractivity contribution in [3.63, 3.8) is 0 Å². The molecule has 21 heavy (non-hydrogen) atoms. The van der Waals surface area contributed by atoms with E-state index in [0.717, 1.165) is 0 Å². The predicted octanol–water partition coefficient (Wildman–Crippen LogP) is 1.29. The number of amides is 3. The zero-order chi connectivity index (χ0) is 15.7. The molecule has 0 saturated heterocycles. The molecule has 0 saturated carbocycles. The van der Waals surface area contributed by atoms with E-state index in [1.54, 1.807) is 38.1 Å². The summed E-state index contributed by atoms with van der Waals surface area (Å²) < 4.78 is 0. The van der Waals surface area contributed by atoms with E-state index in [2.05, 4.69) is 16.0 Å². The van der Waals surface area contributed by atoms with Gasteiger partial charge in [0.15, 0.2) is 0 Å². The third kappa shape index (κ3) is 6.07. The highest BCUT2D eigenvalue weighted by Crippen LogP contribution is 2.09. The van der Waals surface area contributed by atoms with Crippen LogP contribution in [0.15, 0.2) is 24.3 Å². The average molecular weight is 291 g/mol. The molecule has 6 nitrogen and oxygen atoms in total. The molecule has 0 aliphatic carbocycles. The Balaban J connectivity index is 2.41. The van der Waals surface area contributed by atoms with Crippen molar-refractivity contribution in [2.24, 2.45) is 0 Å². The number of hydrogen-bond donors (Lipinski definition) is 3. The molecule has 1 aromatic carbocycles. The molecule has 3 N–H and O–H groups in total. The van der Waals surface area contributed by atoms with Gasteiger partial charge in [-0.25, -0.2) is 0 Å². The van der Waals surface area contributed by atoms with Crippen molar-refractivity contribution in [3.8, 4) is 0 Å². The fraction of sp³-hybridized carbons (Fsp3) is 0.400. The van der Waals surface area contributed by atoms with Gasteiger partial charge in [0.05, 0.1) is 0 Å². The Hall–Kier alpha value is -2.37. The summed E-state index contributed by atoms with van der Waals surface area (Å²) >= 11 is 0. The van der Waals surface area contributed by atoms with Crippen LogP contribution in [0.4, 0.5) is 5.69 Å². The van der Waals surface area contributed by atoms with Gasteiger partial charge in [-0.2, -0.15) is 0 Å². The third-order valence-corrected chi connectivity index (χ3v) is 2.81. The number of carbonyl (C=O) groups excluding carboxylic acids is 3. The van der Waals surface area contributed by atoms with Gasteiger partial charge in [-0.15, -0.1) is 0 Å². The minimum Gasteiger partial charge on any atom is -0.354 e. The second-order valence-electron chi connectivity index (χ2n) is 4.44. The molecule has 0 bridgehead atoms. The van der Waals surface area contributed by atoms with E-state index < -0.39 is 0 Å². The van der Waals surface area contributed by atoms with Crippen LogP contribution < -0.4 is 16.0 Å². The first-order valence-corrected chi connectivity index (χ1v) is 7.01. The van der Waals surface area contributed by atoms with E-state index in [0.29, 0.717) is 37.2 Å². The van der Waals surface area contributed by atoms with Gasteiger partial charge in [0.1, 0.15) is 0 Å². The molecule has 1 aromatic rings. The largest absolute Gasteiger partial charge is 0.354 e. The summed E-state index contributed by atoms with van der Waals surface area (Å²) in [5, 5.41) is 8.09. The molecule has 0 aliphatic heterocycles. The molecule has 0 atom stereocenters. The van der Waals surface area contributed by atoms with E-state index >= 15 is 0 Å². The number of carbonyl (C=O) groups is 3. The van der Waals surface area contributed by atoms with Crippen molar-refractivity contribution in [2.75, 3.05) is 18.4 Å². The van der Waals surface area contributed by atoms with Gasteiger partial charge in [-0.3, -0.25) is 14.4 Å². The Morgan fingerprint density at radius 2 is 1.43 bits per heavy atom. The minimum absolute atomic E-state index is 0.0414. The van der Waals surface area contributed by atoms with E-state index in [1.165, 1.54) is 0 Å². The van der Waals surface area contributed by atoms with Gasteiger partial charge in [0.25, 0.3) is 5.91 Å². The number of anilines is 1. The molecule has 6 heteroatoms. The molecular formula is C15H21N3O3. The van der Waals surface area contributed by atoms with Crippen LogP contribution >= 0.6 is 0 Å². The Kier molecular flexibility index (Phi) is 6.94. The van der Waals surface area contributed by atoms with Gasteiger partial charge in [0, 0.05) is 37.2 Å². The number of benzene rings is 1. The summed E-state index contributed by atoms with van der Waals surface area (Å²) in [6.45, 7) is 4.32. The Morgan fingerprint density at radius 3 is 2.00 bits per heavy atom. The van der Waals surface area contributed by atoms with Crippen LogP contribution in [0.1, 0.15) is 37.0 Å². The smallest absolute Gasteiger partial charge is 0.251 e. The molecule has 1 rings (SSSR count). The minimum atomic E-state index is -0.214. The third-order valence-electron chi connectivity index (χ3n) is 2.81. The molecule has 0 radical (unpaired) electrons. The van der Waals surface area contributed by atoms with Crippen molar-refractivity contribution in [3.05, 3.63) is 29.8 Å². The fourth-order valence-corrected chi connectivity index (χ4v) is 1.56. The highest BCUT2D eigenvalue weighted by Gasteiger charge is 2.05. The van der Waals surface area contributed by atoms with Crippen LogP contribution in [0, 0.1) is 0 Å². The molecule has 0 aliphatic rings. The van der Waals surface area contributed by atoms with Gasteiger partial charge >= 0.3 is 0 Å². The summed E-state index contributed by atoms with van der Waals surface area (Å²) in [6, 6.07) is 6.65. The molecular weight excluding hydrogens is 270 g/mol. The maximum atomic E-state index is 11.8. The molecule has 3 amide bonds. The average Bonchev–Trinajstić information content (AvgIpc) is 2.51. The second kappa shape index (κ2) is 8.73. The first-order chi connectivity index (χ1) is 10.1. The maximum absolute atomic E-state index is 11.8. The molecule has 0 aromatic heterocycles. The van der Waals surface area contributed by atoms with Gasteiger partial charge in [-0.05, 0) is 24.3 Å². The van der Waals surface area contributed by atoms with Crippen LogP contribution in [-0.4, -0.2) is 30.8 Å². The number of rotatable bonds is 7. The SMILES string of the molecule is CCC(=O)NCCNC(=O)c1ccc(NC(=O)CC)cc1. The lowest BCUT2D eigenvalue weighted by Crippen LogP contribution is -2.34. The van der Waals surface area contributed by atoms with Gasteiger partial charge < -0.3 is 16.0 Å². The maximum Gasteiger partial charge on any atom is 0.251 e. The summed E-state index contributed by atoms with van der Waals surface area (Å²) in [6.07, 6.45) is 0.838. The van der Waals surface area contributed by atoms with Gasteiger partial charge in [-0.1, -0.05) is 13.8 Å². The highest BCUT2D eigenvalue weighted by molar-refractivity contribution is 5.95. The highest BCUT2D eigenvalue weighted by atomic mass is 16.2. The molecule has 0 unspecified atom stereocenters. The lowest BCUT2D eigenvalue weighted by Gasteiger charge is -2.07. The summed E-state index contributed by atoms with van der Waals surface area (Å²) in [7, 11) is 0. The van der Waals surface area contributed by atoms with E-state index in [1.807, 2.05) is 0 Å². The lowest BCUT2D eigenvalue weighted by molar-refractivity contribution is -0.120. The van der Waals surface area contributed by atoms with Crippen molar-refractivity contribution < 1.29 is 14.4 Å². The van der Waals surface area contributed by atoms with Crippen LogP contribution in [0.5, 0.6) is 0 Å². The summed E-state index contributed by atoms with van der Waals surface area (Å²) in [4.78, 5) is 34.1. The lowest BCUT2D eigenvalue weighted by atomic mass is 10.2. The zero-order valence-electron chi connectivity index (χ0n) is 12.4. The normalized spacial score (nSPS) is 9.81. The second-order valence-corrected chi connectivity index (χ2v) is 4.44. The Bertz CT molecular complexity index is 497. The van der Waals surface area contributed by atoms with E-state index in [4.69, 9.17) is 0 Å². The van der Waals surface area contributed by atoms with E-state index in [9.17, 15) is 14.4 Å². The van der Waals surface area contributed by atoms with Gasteiger partial charge in [0.2, 0.25) is 11.8 Å². The Morgan fingerprint density at radius 1 is 0.857 bits per heavy atom. The van der Waals surface area contributed by atoms with Crippen molar-refractivity contribution in [2.45, 2.75) is 26.7 Å². The zero-order valence-corrected chi connectivity index (χ0v) is 12.4. The summed E-state index contributed by atoms with van der Waals surface area (Å²) in [5.74, 6) is -0.326. The van der Waals surface area contributed by atoms with Crippen LogP contribution in [0.2, 0.25) is 0 Å². The fourth-order valence-electron chi connectivity index (χ4n) is 1.56. The monoisotopic (exact) mass is 291 g/mol. The number of nitrogens with one attached hydrogen (secondary N) is 3. The molecule has 0 heterocycles. The van der Waals surface area contributed by atoms with Crippen molar-refractivity contribution in [1.29, 1.82) is 0 Å². The summed E-state index contributed by atoms with van der Waals surface area (Å²) in [5.41, 5.74) is 1.17. The number of hydrogen-bond acceptors (Lipinski definition) is 3. The first-order valence-electron chi connectivity index (χ1n) is 7.01. The molecule has 0 fully saturated rings. The Labute approximate surface area is 124 Å². The van der Waals surface area contributed by atoms with Crippen LogP contribution in [0.25, 0.3) is 0 Å². The van der Waals surface area contributed by atoms with E-state index in [-0.39, 0.29) is 17.7 Å². The van der Waals surface area contributed by atoms with Crippen molar-refractivity contribution >= 4 is 23.4 Å². The standard InChI is InChI=1S/C15H21N3O3/c1-3-13(19)16-9-10-17-15(21)11-5-7-12(8-6-11)18-14(20)4-2/h5-8H,3-4,9-10H2,1-2H3,(H,16,19)(H,17,21)(H,18,20). The molecule has 114 valence electrons. The molecule has 0 spiro atoms. The van der Waals surface area contributed by atoms with Crippen LogP contribution in [0.3, 0.4) is 0 Å². The topological polar surface area (TPSA) is 87.3 Å². The van der Waals surface area contributed by atoms with Crippen molar-refractivity contribution in [1.82, 2.24) is 10.6 Å². The van der Waals surface area contributed by atoms with Crippen LogP contribution in [-0.2, 0) is 9.59 Å². The quantitative estimate of drug-likeness (QED) is 0.662. The predicted molar refractivity (Wildman–Crippen MR) is 81.0 cm³/mol.